The molecule has 0 aromatic carbocycles. The van der Waals surface area contributed by atoms with Crippen LogP contribution in [0.4, 0.5) is 0 Å². The molecule has 0 spiro atoms. The van der Waals surface area contributed by atoms with E-state index < -0.39 is 12.1 Å². The Morgan fingerprint density at radius 1 is 1.31 bits per heavy atom. The van der Waals surface area contributed by atoms with Crippen molar-refractivity contribution in [3.05, 3.63) is 0 Å². The van der Waals surface area contributed by atoms with E-state index >= 15 is 0 Å². The summed E-state index contributed by atoms with van der Waals surface area (Å²) in [5, 5.41) is 6.00. The number of rotatable bonds is 5. The number of fused-ring (bicyclic) bond motifs is 1. The lowest BCUT2D eigenvalue weighted by atomic mass is 9.83. The zero-order valence-corrected chi connectivity index (χ0v) is 18.5. The van der Waals surface area contributed by atoms with Gasteiger partial charge in [-0.3, -0.25) is 14.4 Å². The van der Waals surface area contributed by atoms with Gasteiger partial charge in [-0.05, 0) is 50.4 Å². The van der Waals surface area contributed by atoms with E-state index in [0.29, 0.717) is 18.9 Å². The van der Waals surface area contributed by atoms with Gasteiger partial charge in [0.05, 0.1) is 6.04 Å². The molecule has 1 saturated carbocycles. The minimum absolute atomic E-state index is 0.00313. The average molecular weight is 402 g/mol. The van der Waals surface area contributed by atoms with Crippen molar-refractivity contribution in [3.8, 4) is 12.3 Å². The zero-order chi connectivity index (χ0) is 21.7. The summed E-state index contributed by atoms with van der Waals surface area (Å²) in [5.74, 6) is 2.65. The summed E-state index contributed by atoms with van der Waals surface area (Å²) >= 11 is 0. The fourth-order valence-electron chi connectivity index (χ4n) is 5.24. The van der Waals surface area contributed by atoms with Gasteiger partial charge in [-0.2, -0.15) is 0 Å². The molecule has 0 bridgehead atoms. The number of nitrogens with one attached hydrogen (secondary N) is 2. The Balaban J connectivity index is 1.67. The molecule has 29 heavy (non-hydrogen) atoms. The zero-order valence-electron chi connectivity index (χ0n) is 18.5. The summed E-state index contributed by atoms with van der Waals surface area (Å²) in [6, 6.07) is -0.990. The lowest BCUT2D eigenvalue weighted by Crippen LogP contribution is -2.54. The molecule has 2 aliphatic heterocycles. The quantitative estimate of drug-likeness (QED) is 0.691. The molecular formula is C23H35N3O3. The number of amides is 3. The third kappa shape index (κ3) is 4.01. The van der Waals surface area contributed by atoms with Gasteiger partial charge in [0.1, 0.15) is 6.04 Å². The first-order valence-corrected chi connectivity index (χ1v) is 10.8. The van der Waals surface area contributed by atoms with Crippen LogP contribution < -0.4 is 10.6 Å². The van der Waals surface area contributed by atoms with Crippen molar-refractivity contribution in [1.29, 1.82) is 0 Å². The van der Waals surface area contributed by atoms with Crippen molar-refractivity contribution in [1.82, 2.24) is 15.5 Å². The monoisotopic (exact) mass is 401 g/mol. The maximum atomic E-state index is 13.2. The fourth-order valence-corrected chi connectivity index (χ4v) is 5.24. The summed E-state index contributed by atoms with van der Waals surface area (Å²) in [7, 11) is 0. The van der Waals surface area contributed by atoms with Gasteiger partial charge in [-0.25, -0.2) is 0 Å². The summed E-state index contributed by atoms with van der Waals surface area (Å²) in [5.41, 5.74) is -0.132. The number of hydrogen-bond donors (Lipinski definition) is 2. The van der Waals surface area contributed by atoms with E-state index in [-0.39, 0.29) is 46.4 Å². The van der Waals surface area contributed by atoms with Crippen LogP contribution in [0.5, 0.6) is 0 Å². The highest BCUT2D eigenvalue weighted by atomic mass is 16.2. The molecular weight excluding hydrogens is 366 g/mol. The van der Waals surface area contributed by atoms with Crippen molar-refractivity contribution in [2.24, 2.45) is 29.1 Å². The predicted octanol–water partition coefficient (Wildman–Crippen LogP) is 1.94. The van der Waals surface area contributed by atoms with Gasteiger partial charge in [0, 0.05) is 23.9 Å². The Morgan fingerprint density at radius 2 is 1.97 bits per heavy atom. The van der Waals surface area contributed by atoms with Crippen LogP contribution in [0, 0.1) is 41.4 Å². The first kappa shape index (κ1) is 21.7. The molecule has 6 nitrogen and oxygen atoms in total. The number of piperidine rings is 2. The molecule has 1 aliphatic carbocycles. The summed E-state index contributed by atoms with van der Waals surface area (Å²) in [4.78, 5) is 40.0. The van der Waals surface area contributed by atoms with Crippen molar-refractivity contribution >= 4 is 17.7 Å². The Kier molecular flexibility index (Phi) is 5.49. The number of nitrogens with zero attached hydrogens (tertiary/aromatic N) is 1. The van der Waals surface area contributed by atoms with E-state index in [2.05, 4.69) is 30.4 Å². The van der Waals surface area contributed by atoms with Crippen LogP contribution in [-0.4, -0.2) is 46.8 Å². The third-order valence-corrected chi connectivity index (χ3v) is 7.24. The second-order valence-corrected chi connectivity index (χ2v) is 10.6. The Labute approximate surface area is 174 Å². The molecule has 0 radical (unpaired) electrons. The van der Waals surface area contributed by atoms with Crippen LogP contribution >= 0.6 is 0 Å². The predicted molar refractivity (Wildman–Crippen MR) is 111 cm³/mol. The van der Waals surface area contributed by atoms with Gasteiger partial charge in [0.25, 0.3) is 0 Å². The SMILES string of the molecule is C#CC(CC1CCC(C)(C)NC1=O)NC(=O)C1C2C(CN1C(=O)C(C)C)C2(C)C. The highest BCUT2D eigenvalue weighted by molar-refractivity contribution is 5.90. The smallest absolute Gasteiger partial charge is 0.244 e. The maximum Gasteiger partial charge on any atom is 0.244 e. The van der Waals surface area contributed by atoms with Crippen LogP contribution in [0.2, 0.25) is 0 Å². The molecule has 5 unspecified atom stereocenters. The van der Waals surface area contributed by atoms with E-state index in [4.69, 9.17) is 6.42 Å². The number of terminal acetylenes is 1. The van der Waals surface area contributed by atoms with E-state index in [1.165, 1.54) is 0 Å². The molecule has 2 N–H and O–H groups in total. The van der Waals surface area contributed by atoms with Gasteiger partial charge in [0.15, 0.2) is 0 Å². The highest BCUT2D eigenvalue weighted by Gasteiger charge is 2.69. The molecule has 5 atom stereocenters. The minimum atomic E-state index is -0.517. The largest absolute Gasteiger partial charge is 0.351 e. The van der Waals surface area contributed by atoms with Gasteiger partial charge in [-0.15, -0.1) is 6.42 Å². The van der Waals surface area contributed by atoms with Crippen LogP contribution in [0.3, 0.4) is 0 Å². The van der Waals surface area contributed by atoms with Crippen LogP contribution in [-0.2, 0) is 14.4 Å². The molecule has 2 saturated heterocycles. The molecule has 3 rings (SSSR count). The van der Waals surface area contributed by atoms with E-state index in [1.54, 1.807) is 4.90 Å². The van der Waals surface area contributed by atoms with Gasteiger partial charge >= 0.3 is 0 Å². The molecule has 3 amide bonds. The molecule has 6 heteroatoms. The van der Waals surface area contributed by atoms with Crippen LogP contribution in [0.25, 0.3) is 0 Å². The number of carbonyl (C=O) groups is 3. The summed E-state index contributed by atoms with van der Waals surface area (Å²) in [6.45, 7) is 12.7. The molecule has 0 aromatic rings. The number of likely N-dealkylation sites (tertiary alicyclic amines) is 1. The normalized spacial score (nSPS) is 32.8. The highest BCUT2D eigenvalue weighted by Crippen LogP contribution is 2.65. The summed E-state index contributed by atoms with van der Waals surface area (Å²) in [6.07, 6.45) is 7.76. The van der Waals surface area contributed by atoms with Gasteiger partial charge < -0.3 is 15.5 Å². The number of carbonyl (C=O) groups excluding carboxylic acids is 3. The lowest BCUT2D eigenvalue weighted by Gasteiger charge is -2.36. The molecule has 2 heterocycles. The van der Waals surface area contributed by atoms with E-state index in [0.717, 1.165) is 12.8 Å². The van der Waals surface area contributed by atoms with Crippen molar-refractivity contribution in [2.45, 2.75) is 78.4 Å². The Bertz CT molecular complexity index is 749. The van der Waals surface area contributed by atoms with Gasteiger partial charge in [-0.1, -0.05) is 33.6 Å². The second kappa shape index (κ2) is 7.34. The van der Waals surface area contributed by atoms with Crippen LogP contribution in [0.15, 0.2) is 0 Å². The molecule has 0 aromatic heterocycles. The first-order chi connectivity index (χ1) is 13.4. The maximum absolute atomic E-state index is 13.2. The molecule has 3 aliphatic rings. The standard InChI is InChI=1S/C23H35N3O3/c1-8-15(11-14-9-10-22(4,5)25-19(14)27)24-20(28)18-17-16(23(17,6)7)12-26(18)21(29)13(2)3/h1,13-18H,9-12H2,2-7H3,(H,24,28)(H,25,27). The van der Waals surface area contributed by atoms with Crippen molar-refractivity contribution in [2.75, 3.05) is 6.54 Å². The minimum Gasteiger partial charge on any atom is -0.351 e. The fraction of sp³-hybridized carbons (Fsp3) is 0.783. The van der Waals surface area contributed by atoms with E-state index in [1.807, 2.05) is 27.7 Å². The third-order valence-electron chi connectivity index (χ3n) is 7.24. The van der Waals surface area contributed by atoms with Crippen LogP contribution in [0.1, 0.15) is 60.8 Å². The van der Waals surface area contributed by atoms with Crippen molar-refractivity contribution in [3.63, 3.8) is 0 Å². The van der Waals surface area contributed by atoms with Crippen molar-refractivity contribution < 1.29 is 14.4 Å². The van der Waals surface area contributed by atoms with E-state index in [9.17, 15) is 14.4 Å². The van der Waals surface area contributed by atoms with Gasteiger partial charge in [0.2, 0.25) is 17.7 Å². The summed E-state index contributed by atoms with van der Waals surface area (Å²) < 4.78 is 0. The first-order valence-electron chi connectivity index (χ1n) is 10.8. The Morgan fingerprint density at radius 3 is 2.52 bits per heavy atom. The second-order valence-electron chi connectivity index (χ2n) is 10.6. The molecule has 160 valence electrons. The average Bonchev–Trinajstić information content (AvgIpc) is 2.97. The topological polar surface area (TPSA) is 78.5 Å². The number of hydrogen-bond acceptors (Lipinski definition) is 3. The molecule has 3 fully saturated rings. The lowest BCUT2D eigenvalue weighted by molar-refractivity contribution is -0.142. The Hall–Kier alpha value is -2.03.